The molecule has 1 heterocycles. The molecule has 0 bridgehead atoms. The average molecular weight is 202 g/mol. The summed E-state index contributed by atoms with van der Waals surface area (Å²) < 4.78 is 37.6. The van der Waals surface area contributed by atoms with Crippen molar-refractivity contribution in [3.63, 3.8) is 0 Å². The molecule has 0 amide bonds. The summed E-state index contributed by atoms with van der Waals surface area (Å²) in [5.41, 5.74) is -0.585. The van der Waals surface area contributed by atoms with Gasteiger partial charge in [0.25, 0.3) is 0 Å². The van der Waals surface area contributed by atoms with Crippen LogP contribution in [0.25, 0.3) is 10.1 Å². The second kappa shape index (κ2) is 2.73. The number of hydrogen-bond donors (Lipinski definition) is 0. The van der Waals surface area contributed by atoms with Gasteiger partial charge in [0.2, 0.25) is 0 Å². The monoisotopic (exact) mass is 202 g/mol. The number of thiophene rings is 1. The van der Waals surface area contributed by atoms with Gasteiger partial charge in [-0.1, -0.05) is 0 Å². The minimum atomic E-state index is -4.24. The summed E-state index contributed by atoms with van der Waals surface area (Å²) in [6.45, 7) is 0. The van der Waals surface area contributed by atoms with Crippen LogP contribution in [0.5, 0.6) is 0 Å². The molecule has 4 heteroatoms. The fourth-order valence-electron chi connectivity index (χ4n) is 1.14. The molecule has 0 fully saturated rings. The molecule has 0 unspecified atom stereocenters. The molecule has 1 aromatic carbocycles. The van der Waals surface area contributed by atoms with Gasteiger partial charge < -0.3 is 0 Å². The Hall–Kier alpha value is -1.03. The predicted molar refractivity (Wildman–Crippen MR) is 46.8 cm³/mol. The zero-order valence-corrected chi connectivity index (χ0v) is 7.25. The van der Waals surface area contributed by atoms with E-state index >= 15 is 0 Å². The van der Waals surface area contributed by atoms with Crippen LogP contribution >= 0.6 is 11.3 Å². The second-order valence-electron chi connectivity index (χ2n) is 2.67. The van der Waals surface area contributed by atoms with E-state index in [1.807, 2.05) is 0 Å². The first-order chi connectivity index (χ1) is 6.07. The molecule has 2 aromatic rings. The molecule has 68 valence electrons. The summed E-state index contributed by atoms with van der Waals surface area (Å²) in [5.74, 6) is 0. The van der Waals surface area contributed by atoms with E-state index in [2.05, 4.69) is 0 Å². The molecule has 0 atom stereocenters. The van der Waals surface area contributed by atoms with Crippen molar-refractivity contribution in [1.82, 2.24) is 0 Å². The third-order valence-electron chi connectivity index (χ3n) is 1.78. The summed E-state index contributed by atoms with van der Waals surface area (Å²) >= 11 is 1.44. The fourth-order valence-corrected chi connectivity index (χ4v) is 1.91. The van der Waals surface area contributed by atoms with Gasteiger partial charge in [0.1, 0.15) is 0 Å². The fraction of sp³-hybridized carbons (Fsp3) is 0.111. The minimum absolute atomic E-state index is 0.585. The van der Waals surface area contributed by atoms with E-state index in [0.29, 0.717) is 5.39 Å². The predicted octanol–water partition coefficient (Wildman–Crippen LogP) is 3.92. The maximum atomic E-state index is 12.2. The molecular weight excluding hydrogens is 197 g/mol. The van der Waals surface area contributed by atoms with Crippen molar-refractivity contribution >= 4 is 21.4 Å². The second-order valence-corrected chi connectivity index (χ2v) is 3.62. The molecule has 0 aliphatic carbocycles. The number of rotatable bonds is 0. The lowest BCUT2D eigenvalue weighted by Gasteiger charge is -2.05. The van der Waals surface area contributed by atoms with Gasteiger partial charge in [-0.05, 0) is 35.0 Å². The highest BCUT2D eigenvalue weighted by molar-refractivity contribution is 7.17. The lowest BCUT2D eigenvalue weighted by atomic mass is 10.1. The topological polar surface area (TPSA) is 0 Å². The van der Waals surface area contributed by atoms with Crippen LogP contribution in [0.15, 0.2) is 29.6 Å². The van der Waals surface area contributed by atoms with Crippen molar-refractivity contribution in [3.05, 3.63) is 35.2 Å². The van der Waals surface area contributed by atoms with Crippen LogP contribution in [-0.2, 0) is 6.18 Å². The van der Waals surface area contributed by atoms with Gasteiger partial charge in [0.05, 0.1) is 5.56 Å². The zero-order valence-electron chi connectivity index (χ0n) is 6.43. The van der Waals surface area contributed by atoms with Gasteiger partial charge in [-0.15, -0.1) is 11.3 Å². The Balaban J connectivity index is 2.61. The minimum Gasteiger partial charge on any atom is -0.166 e. The Morgan fingerprint density at radius 3 is 2.54 bits per heavy atom. The molecule has 0 aliphatic rings. The highest BCUT2D eigenvalue weighted by Crippen LogP contribution is 2.32. The SMILES string of the molecule is FC(F)(F)c1ccc2sccc2c1. The number of fused-ring (bicyclic) bond motifs is 1. The molecule has 0 N–H and O–H groups in total. The summed E-state index contributed by atoms with van der Waals surface area (Å²) in [4.78, 5) is 0. The van der Waals surface area contributed by atoms with Crippen molar-refractivity contribution in [2.75, 3.05) is 0 Å². The van der Waals surface area contributed by atoms with Gasteiger partial charge in [0, 0.05) is 4.70 Å². The van der Waals surface area contributed by atoms with Crippen LogP contribution < -0.4 is 0 Å². The first-order valence-corrected chi connectivity index (χ1v) is 4.50. The highest BCUT2D eigenvalue weighted by Gasteiger charge is 2.30. The van der Waals surface area contributed by atoms with E-state index in [4.69, 9.17) is 0 Å². The molecule has 0 saturated carbocycles. The van der Waals surface area contributed by atoms with Crippen LogP contribution in [0.1, 0.15) is 5.56 Å². The molecule has 0 radical (unpaired) electrons. The number of halogens is 3. The average Bonchev–Trinajstić information content (AvgIpc) is 2.47. The van der Waals surface area contributed by atoms with Crippen LogP contribution in [0.3, 0.4) is 0 Å². The van der Waals surface area contributed by atoms with E-state index in [1.54, 1.807) is 11.4 Å². The Morgan fingerprint density at radius 1 is 1.08 bits per heavy atom. The molecule has 1 aromatic heterocycles. The third-order valence-corrected chi connectivity index (χ3v) is 2.68. The Morgan fingerprint density at radius 2 is 1.85 bits per heavy atom. The van der Waals surface area contributed by atoms with Crippen LogP contribution in [0.2, 0.25) is 0 Å². The van der Waals surface area contributed by atoms with Gasteiger partial charge >= 0.3 is 6.18 Å². The van der Waals surface area contributed by atoms with Gasteiger partial charge in [0.15, 0.2) is 0 Å². The molecule has 2 rings (SSSR count). The number of hydrogen-bond acceptors (Lipinski definition) is 1. The Kier molecular flexibility index (Phi) is 1.80. The van der Waals surface area contributed by atoms with Crippen LogP contribution in [0.4, 0.5) is 13.2 Å². The Labute approximate surface area is 76.6 Å². The van der Waals surface area contributed by atoms with E-state index in [0.717, 1.165) is 10.8 Å². The first-order valence-electron chi connectivity index (χ1n) is 3.62. The molecule has 0 saturated heterocycles. The standard InChI is InChI=1S/C9H5F3S/c10-9(11,12)7-1-2-8-6(5-7)3-4-13-8/h1-5H. The van der Waals surface area contributed by atoms with Crippen molar-refractivity contribution in [2.45, 2.75) is 6.18 Å². The normalized spacial score (nSPS) is 12.2. The van der Waals surface area contributed by atoms with Gasteiger partial charge in [-0.25, -0.2) is 0 Å². The van der Waals surface area contributed by atoms with E-state index < -0.39 is 11.7 Å². The molecule has 0 nitrogen and oxygen atoms in total. The maximum absolute atomic E-state index is 12.2. The van der Waals surface area contributed by atoms with E-state index in [9.17, 15) is 13.2 Å². The maximum Gasteiger partial charge on any atom is 0.416 e. The molecule has 13 heavy (non-hydrogen) atoms. The van der Waals surface area contributed by atoms with E-state index in [1.165, 1.54) is 23.5 Å². The van der Waals surface area contributed by atoms with Gasteiger partial charge in [-0.3, -0.25) is 0 Å². The lowest BCUT2D eigenvalue weighted by Crippen LogP contribution is -2.03. The lowest BCUT2D eigenvalue weighted by molar-refractivity contribution is -0.137. The number of benzene rings is 1. The van der Waals surface area contributed by atoms with Crippen molar-refractivity contribution in [1.29, 1.82) is 0 Å². The third kappa shape index (κ3) is 1.54. The zero-order chi connectivity index (χ0) is 9.47. The van der Waals surface area contributed by atoms with Crippen molar-refractivity contribution < 1.29 is 13.2 Å². The molecule has 0 spiro atoms. The van der Waals surface area contributed by atoms with Crippen molar-refractivity contribution in [2.24, 2.45) is 0 Å². The largest absolute Gasteiger partial charge is 0.416 e. The van der Waals surface area contributed by atoms with Gasteiger partial charge in [-0.2, -0.15) is 13.2 Å². The Bertz CT molecular complexity index is 428. The van der Waals surface area contributed by atoms with E-state index in [-0.39, 0.29) is 0 Å². The highest BCUT2D eigenvalue weighted by atomic mass is 32.1. The first kappa shape index (κ1) is 8.56. The summed E-state index contributed by atoms with van der Waals surface area (Å²) in [7, 11) is 0. The van der Waals surface area contributed by atoms with Crippen molar-refractivity contribution in [3.8, 4) is 0 Å². The molecule has 0 aliphatic heterocycles. The number of alkyl halides is 3. The summed E-state index contributed by atoms with van der Waals surface area (Å²) in [5, 5.41) is 2.44. The van der Waals surface area contributed by atoms with Crippen LogP contribution in [0, 0.1) is 0 Å². The summed E-state index contributed by atoms with van der Waals surface area (Å²) in [6.07, 6.45) is -4.24. The molecular formula is C9H5F3S. The van der Waals surface area contributed by atoms with Crippen LogP contribution in [-0.4, -0.2) is 0 Å². The summed E-state index contributed by atoms with van der Waals surface area (Å²) in [6, 6.07) is 5.47. The quantitative estimate of drug-likeness (QED) is 0.607. The smallest absolute Gasteiger partial charge is 0.166 e.